The molecule has 2 saturated heterocycles. The van der Waals surface area contributed by atoms with Crippen molar-refractivity contribution in [3.8, 4) is 0 Å². The Labute approximate surface area is 92.5 Å². The van der Waals surface area contributed by atoms with Gasteiger partial charge >= 0.3 is 0 Å². The number of rotatable bonds is 2. The Bertz CT molecular complexity index is 236. The molecule has 2 fully saturated rings. The molecule has 1 N–H and O–H groups in total. The topological polar surface area (TPSA) is 30.5 Å². The van der Waals surface area contributed by atoms with Gasteiger partial charge in [-0.3, -0.25) is 0 Å². The van der Waals surface area contributed by atoms with Crippen LogP contribution < -0.4 is 5.48 Å². The van der Waals surface area contributed by atoms with Crippen molar-refractivity contribution in [3.05, 3.63) is 0 Å². The van der Waals surface area contributed by atoms with Gasteiger partial charge in [-0.25, -0.2) is 0 Å². The molecule has 2 aliphatic heterocycles. The lowest BCUT2D eigenvalue weighted by molar-refractivity contribution is -0.202. The Morgan fingerprint density at radius 2 is 1.60 bits per heavy atom. The van der Waals surface area contributed by atoms with Gasteiger partial charge in [0.05, 0.1) is 18.3 Å². The maximum Gasteiger partial charge on any atom is 0.0704 e. The average Bonchev–Trinajstić information content (AvgIpc) is 2.48. The van der Waals surface area contributed by atoms with E-state index in [1.807, 2.05) is 0 Å². The summed E-state index contributed by atoms with van der Waals surface area (Å²) in [6, 6.07) is 0.390. The summed E-state index contributed by atoms with van der Waals surface area (Å²) in [5.41, 5.74) is 3.21. The Balaban J connectivity index is 2.27. The molecular weight excluding hydrogens is 190 g/mol. The highest BCUT2D eigenvalue weighted by atomic mass is 16.6. The zero-order valence-electron chi connectivity index (χ0n) is 10.5. The van der Waals surface area contributed by atoms with Crippen molar-refractivity contribution in [2.24, 2.45) is 11.8 Å². The van der Waals surface area contributed by atoms with E-state index in [0.717, 1.165) is 12.8 Å². The second kappa shape index (κ2) is 3.44. The van der Waals surface area contributed by atoms with E-state index in [9.17, 15) is 0 Å². The summed E-state index contributed by atoms with van der Waals surface area (Å²) in [5.74, 6) is 0.978. The number of hydroxylamine groups is 1. The van der Waals surface area contributed by atoms with Crippen molar-refractivity contribution in [2.75, 3.05) is 7.11 Å². The molecule has 0 saturated carbocycles. The molecule has 3 nitrogen and oxygen atoms in total. The first-order chi connectivity index (χ1) is 6.93. The molecule has 15 heavy (non-hydrogen) atoms. The Hall–Kier alpha value is -0.120. The molecule has 0 aliphatic carbocycles. The lowest BCUT2D eigenvalue weighted by atomic mass is 9.75. The van der Waals surface area contributed by atoms with E-state index in [4.69, 9.17) is 9.57 Å². The van der Waals surface area contributed by atoms with Crippen molar-refractivity contribution in [1.29, 1.82) is 0 Å². The summed E-state index contributed by atoms with van der Waals surface area (Å²) in [6.45, 7) is 8.99. The summed E-state index contributed by atoms with van der Waals surface area (Å²) in [7, 11) is 1.70. The number of nitrogens with one attached hydrogen (secondary N) is 1. The van der Waals surface area contributed by atoms with Crippen LogP contribution in [-0.4, -0.2) is 24.4 Å². The second-order valence-corrected chi connectivity index (χ2v) is 5.65. The SMILES string of the molecule is CONC1[C@@H](C)[C@@]2(C)CC[C@](C)(O2)[C@H]1C. The first-order valence-electron chi connectivity index (χ1n) is 5.92. The van der Waals surface area contributed by atoms with E-state index < -0.39 is 0 Å². The fourth-order valence-electron chi connectivity index (χ4n) is 3.31. The fraction of sp³-hybridized carbons (Fsp3) is 1.00. The van der Waals surface area contributed by atoms with E-state index in [1.165, 1.54) is 0 Å². The van der Waals surface area contributed by atoms with Gasteiger partial charge in [0.1, 0.15) is 0 Å². The molecule has 0 aromatic rings. The van der Waals surface area contributed by atoms with Gasteiger partial charge < -0.3 is 9.57 Å². The van der Waals surface area contributed by atoms with E-state index in [0.29, 0.717) is 17.9 Å². The number of ether oxygens (including phenoxy) is 1. The van der Waals surface area contributed by atoms with Crippen molar-refractivity contribution in [2.45, 2.75) is 57.8 Å². The lowest BCUT2D eigenvalue weighted by Crippen LogP contribution is -2.59. The summed E-state index contributed by atoms with van der Waals surface area (Å²) in [4.78, 5) is 5.13. The van der Waals surface area contributed by atoms with Gasteiger partial charge in [0.15, 0.2) is 0 Å². The first-order valence-corrected chi connectivity index (χ1v) is 5.92. The van der Waals surface area contributed by atoms with E-state index >= 15 is 0 Å². The third-order valence-electron chi connectivity index (χ3n) is 4.84. The predicted molar refractivity (Wildman–Crippen MR) is 59.4 cm³/mol. The minimum atomic E-state index is 0.0253. The molecule has 2 bridgehead atoms. The van der Waals surface area contributed by atoms with Crippen LogP contribution in [0.5, 0.6) is 0 Å². The monoisotopic (exact) mass is 213 g/mol. The molecule has 2 aliphatic rings. The normalized spacial score (nSPS) is 54.6. The van der Waals surface area contributed by atoms with Gasteiger partial charge in [-0.1, -0.05) is 13.8 Å². The molecule has 5 atom stereocenters. The minimum Gasteiger partial charge on any atom is -0.368 e. The van der Waals surface area contributed by atoms with E-state index in [2.05, 4.69) is 33.2 Å². The lowest BCUT2D eigenvalue weighted by Gasteiger charge is -2.50. The van der Waals surface area contributed by atoms with E-state index in [1.54, 1.807) is 7.11 Å². The average molecular weight is 213 g/mol. The summed E-state index contributed by atoms with van der Waals surface area (Å²) >= 11 is 0. The standard InChI is InChI=1S/C12H23NO2/c1-8-10(13-14-5)9(2)12(4)7-6-11(8,3)15-12/h8-10,13H,6-7H2,1-5H3/t8-,9+,10?,11-,12+. The zero-order chi connectivity index (χ0) is 11.3. The van der Waals surface area contributed by atoms with Gasteiger partial charge in [0, 0.05) is 17.9 Å². The third kappa shape index (κ3) is 1.52. The molecule has 0 amide bonds. The van der Waals surface area contributed by atoms with Crippen LogP contribution in [0.2, 0.25) is 0 Å². The molecular formula is C12H23NO2. The molecule has 3 heteroatoms. The molecule has 2 rings (SSSR count). The maximum absolute atomic E-state index is 6.28. The molecule has 1 unspecified atom stereocenters. The minimum absolute atomic E-state index is 0.0253. The number of hydrogen-bond acceptors (Lipinski definition) is 3. The summed E-state index contributed by atoms with van der Waals surface area (Å²) in [5, 5.41) is 0. The molecule has 0 spiro atoms. The molecule has 88 valence electrons. The Kier molecular flexibility index (Phi) is 2.61. The summed E-state index contributed by atoms with van der Waals surface area (Å²) in [6.07, 6.45) is 2.33. The van der Waals surface area contributed by atoms with Crippen LogP contribution >= 0.6 is 0 Å². The van der Waals surface area contributed by atoms with Crippen LogP contribution in [0.15, 0.2) is 0 Å². The Morgan fingerprint density at radius 1 is 1.13 bits per heavy atom. The molecule has 0 aromatic carbocycles. The molecule has 0 radical (unpaired) electrons. The third-order valence-corrected chi connectivity index (χ3v) is 4.84. The molecule has 0 aromatic heterocycles. The van der Waals surface area contributed by atoms with Crippen molar-refractivity contribution in [1.82, 2.24) is 5.48 Å². The zero-order valence-corrected chi connectivity index (χ0v) is 10.5. The fourth-order valence-corrected chi connectivity index (χ4v) is 3.31. The quantitative estimate of drug-likeness (QED) is 0.713. The smallest absolute Gasteiger partial charge is 0.0704 e. The van der Waals surface area contributed by atoms with Crippen molar-refractivity contribution < 1.29 is 9.57 Å². The van der Waals surface area contributed by atoms with Gasteiger partial charge in [-0.15, -0.1) is 0 Å². The first kappa shape index (κ1) is 11.4. The van der Waals surface area contributed by atoms with Gasteiger partial charge in [0.25, 0.3) is 0 Å². The predicted octanol–water partition coefficient (Wildman–Crippen LogP) is 2.12. The highest BCUT2D eigenvalue weighted by Gasteiger charge is 2.58. The highest BCUT2D eigenvalue weighted by Crippen LogP contribution is 2.53. The Morgan fingerprint density at radius 3 is 2.00 bits per heavy atom. The summed E-state index contributed by atoms with van der Waals surface area (Å²) < 4.78 is 6.28. The number of fused-ring (bicyclic) bond motifs is 2. The maximum atomic E-state index is 6.28. The van der Waals surface area contributed by atoms with Crippen LogP contribution in [0.25, 0.3) is 0 Å². The van der Waals surface area contributed by atoms with Crippen LogP contribution in [0, 0.1) is 11.8 Å². The van der Waals surface area contributed by atoms with Crippen LogP contribution in [0.4, 0.5) is 0 Å². The van der Waals surface area contributed by atoms with Gasteiger partial charge in [-0.2, -0.15) is 5.48 Å². The van der Waals surface area contributed by atoms with Crippen LogP contribution in [-0.2, 0) is 9.57 Å². The second-order valence-electron chi connectivity index (χ2n) is 5.65. The number of hydrogen-bond donors (Lipinski definition) is 1. The van der Waals surface area contributed by atoms with Crippen molar-refractivity contribution >= 4 is 0 Å². The van der Waals surface area contributed by atoms with Gasteiger partial charge in [-0.05, 0) is 26.7 Å². The van der Waals surface area contributed by atoms with E-state index in [-0.39, 0.29) is 11.2 Å². The van der Waals surface area contributed by atoms with Crippen LogP contribution in [0.1, 0.15) is 40.5 Å². The molecule has 2 heterocycles. The van der Waals surface area contributed by atoms with Crippen LogP contribution in [0.3, 0.4) is 0 Å². The van der Waals surface area contributed by atoms with Gasteiger partial charge in [0.2, 0.25) is 0 Å². The highest BCUT2D eigenvalue weighted by molar-refractivity contribution is 5.08. The van der Waals surface area contributed by atoms with Crippen molar-refractivity contribution in [3.63, 3.8) is 0 Å². The largest absolute Gasteiger partial charge is 0.368 e.